The van der Waals surface area contributed by atoms with Gasteiger partial charge in [-0.3, -0.25) is 0 Å². The van der Waals surface area contributed by atoms with E-state index in [1.165, 1.54) is 0 Å². The number of rotatable bonds is 7. The number of nitrogens with one attached hydrogen (secondary N) is 1. The molecule has 1 fully saturated rings. The molecular formula is C13H29N3O2S. The molecule has 1 aliphatic heterocycles. The molecule has 0 radical (unpaired) electrons. The molecule has 0 saturated carbocycles. The fourth-order valence-electron chi connectivity index (χ4n) is 2.66. The molecule has 1 aliphatic rings. The van der Waals surface area contributed by atoms with Crippen LogP contribution in [0.2, 0.25) is 0 Å². The zero-order chi connectivity index (χ0) is 14.5. The summed E-state index contributed by atoms with van der Waals surface area (Å²) >= 11 is 0. The standard InChI is InChI=1S/C13H29N3O2S/c1-5-15(11-12(2)3)19(17,18)16-9-7-6-8-13(16)10-14-4/h12-14H,5-11H2,1-4H3. The molecule has 6 heteroatoms. The Labute approximate surface area is 118 Å². The molecule has 0 aromatic heterocycles. The van der Waals surface area contributed by atoms with E-state index in [0.29, 0.717) is 25.6 Å². The Bertz CT molecular complexity index is 355. The van der Waals surface area contributed by atoms with E-state index in [2.05, 4.69) is 19.2 Å². The fourth-order valence-corrected chi connectivity index (χ4v) is 4.69. The molecule has 0 spiro atoms. The average molecular weight is 291 g/mol. The monoisotopic (exact) mass is 291 g/mol. The first-order valence-corrected chi connectivity index (χ1v) is 8.74. The minimum atomic E-state index is -3.31. The van der Waals surface area contributed by atoms with Gasteiger partial charge in [-0.05, 0) is 25.8 Å². The van der Waals surface area contributed by atoms with Crippen LogP contribution in [-0.2, 0) is 10.2 Å². The first kappa shape index (κ1) is 16.9. The van der Waals surface area contributed by atoms with Crippen LogP contribution in [0, 0.1) is 5.92 Å². The Morgan fingerprint density at radius 3 is 2.58 bits per heavy atom. The van der Waals surface area contributed by atoms with Crippen LogP contribution in [0.5, 0.6) is 0 Å². The molecule has 0 bridgehead atoms. The Morgan fingerprint density at radius 1 is 1.37 bits per heavy atom. The quantitative estimate of drug-likeness (QED) is 0.769. The van der Waals surface area contributed by atoms with Crippen molar-refractivity contribution in [1.29, 1.82) is 0 Å². The number of piperidine rings is 1. The average Bonchev–Trinajstić information content (AvgIpc) is 2.36. The van der Waals surface area contributed by atoms with Crippen LogP contribution < -0.4 is 5.32 Å². The molecule has 1 atom stereocenters. The minimum absolute atomic E-state index is 0.102. The second-order valence-corrected chi connectivity index (χ2v) is 7.55. The van der Waals surface area contributed by atoms with Gasteiger partial charge >= 0.3 is 0 Å². The van der Waals surface area contributed by atoms with Crippen molar-refractivity contribution in [3.63, 3.8) is 0 Å². The van der Waals surface area contributed by atoms with Gasteiger partial charge in [-0.1, -0.05) is 27.2 Å². The predicted molar refractivity (Wildman–Crippen MR) is 79.3 cm³/mol. The first-order chi connectivity index (χ1) is 8.93. The van der Waals surface area contributed by atoms with Crippen LogP contribution in [-0.4, -0.2) is 56.3 Å². The second kappa shape index (κ2) is 7.57. The summed E-state index contributed by atoms with van der Waals surface area (Å²) in [6, 6.07) is 0.102. The van der Waals surface area contributed by atoms with E-state index in [4.69, 9.17) is 0 Å². The molecule has 1 unspecified atom stereocenters. The van der Waals surface area contributed by atoms with Gasteiger partial charge in [0.05, 0.1) is 0 Å². The third-order valence-corrected chi connectivity index (χ3v) is 5.69. The Balaban J connectivity index is 2.88. The van der Waals surface area contributed by atoms with Crippen molar-refractivity contribution in [2.24, 2.45) is 5.92 Å². The van der Waals surface area contributed by atoms with E-state index in [9.17, 15) is 8.42 Å². The number of likely N-dealkylation sites (N-methyl/N-ethyl adjacent to an activating group) is 1. The van der Waals surface area contributed by atoms with Crippen molar-refractivity contribution in [2.45, 2.75) is 46.1 Å². The number of nitrogens with zero attached hydrogens (tertiary/aromatic N) is 2. The van der Waals surface area contributed by atoms with Crippen molar-refractivity contribution in [3.8, 4) is 0 Å². The van der Waals surface area contributed by atoms with E-state index in [1.54, 1.807) is 8.61 Å². The van der Waals surface area contributed by atoms with Crippen molar-refractivity contribution in [1.82, 2.24) is 13.9 Å². The maximum Gasteiger partial charge on any atom is 0.282 e. The summed E-state index contributed by atoms with van der Waals surface area (Å²) in [6.07, 6.45) is 3.05. The summed E-state index contributed by atoms with van der Waals surface area (Å²) < 4.78 is 28.8. The first-order valence-electron chi connectivity index (χ1n) is 7.35. The molecule has 1 heterocycles. The molecule has 0 amide bonds. The highest BCUT2D eigenvalue weighted by molar-refractivity contribution is 7.86. The molecule has 1 rings (SSSR count). The highest BCUT2D eigenvalue weighted by Gasteiger charge is 2.35. The molecule has 5 nitrogen and oxygen atoms in total. The van der Waals surface area contributed by atoms with Gasteiger partial charge in [0.25, 0.3) is 10.2 Å². The van der Waals surface area contributed by atoms with Gasteiger partial charge < -0.3 is 5.32 Å². The third-order valence-electron chi connectivity index (χ3n) is 3.56. The predicted octanol–water partition coefficient (Wildman–Crippen LogP) is 1.28. The van der Waals surface area contributed by atoms with Gasteiger partial charge in [0, 0.05) is 32.2 Å². The largest absolute Gasteiger partial charge is 0.318 e. The van der Waals surface area contributed by atoms with Crippen molar-refractivity contribution in [2.75, 3.05) is 33.2 Å². The maximum absolute atomic E-state index is 12.8. The lowest BCUT2D eigenvalue weighted by atomic mass is 10.1. The second-order valence-electron chi connectivity index (χ2n) is 5.67. The summed E-state index contributed by atoms with van der Waals surface area (Å²) in [4.78, 5) is 0. The van der Waals surface area contributed by atoms with Crippen molar-refractivity contribution >= 4 is 10.2 Å². The number of hydrogen-bond donors (Lipinski definition) is 1. The molecule has 0 aliphatic carbocycles. The van der Waals surface area contributed by atoms with Gasteiger partial charge in [-0.15, -0.1) is 0 Å². The maximum atomic E-state index is 12.8. The van der Waals surface area contributed by atoms with E-state index in [-0.39, 0.29) is 6.04 Å². The van der Waals surface area contributed by atoms with Gasteiger partial charge in [0.2, 0.25) is 0 Å². The molecule has 114 valence electrons. The van der Waals surface area contributed by atoms with Crippen LogP contribution in [0.4, 0.5) is 0 Å². The van der Waals surface area contributed by atoms with Gasteiger partial charge in [0.1, 0.15) is 0 Å². The highest BCUT2D eigenvalue weighted by atomic mass is 32.2. The third kappa shape index (κ3) is 4.41. The van der Waals surface area contributed by atoms with E-state index in [1.807, 2.05) is 14.0 Å². The zero-order valence-corrected chi connectivity index (χ0v) is 13.5. The van der Waals surface area contributed by atoms with Gasteiger partial charge in [-0.25, -0.2) is 0 Å². The Kier molecular flexibility index (Phi) is 6.73. The lowest BCUT2D eigenvalue weighted by molar-refractivity contribution is 0.226. The molecule has 1 saturated heterocycles. The Hall–Kier alpha value is -0.170. The van der Waals surface area contributed by atoms with E-state index < -0.39 is 10.2 Å². The minimum Gasteiger partial charge on any atom is -0.318 e. The summed E-state index contributed by atoms with van der Waals surface area (Å²) in [7, 11) is -1.43. The molecule has 0 aromatic carbocycles. The fraction of sp³-hybridized carbons (Fsp3) is 1.00. The topological polar surface area (TPSA) is 52.7 Å². The summed E-state index contributed by atoms with van der Waals surface area (Å²) in [6.45, 7) is 8.56. The number of hydrogen-bond acceptors (Lipinski definition) is 3. The zero-order valence-electron chi connectivity index (χ0n) is 12.7. The summed E-state index contributed by atoms with van der Waals surface area (Å²) in [5.74, 6) is 0.349. The lowest BCUT2D eigenvalue weighted by Gasteiger charge is -2.38. The summed E-state index contributed by atoms with van der Waals surface area (Å²) in [5.41, 5.74) is 0. The van der Waals surface area contributed by atoms with Crippen LogP contribution in [0.25, 0.3) is 0 Å². The molecule has 1 N–H and O–H groups in total. The van der Waals surface area contributed by atoms with Crippen LogP contribution in [0.3, 0.4) is 0 Å². The highest BCUT2D eigenvalue weighted by Crippen LogP contribution is 2.22. The van der Waals surface area contributed by atoms with Crippen LogP contribution >= 0.6 is 0 Å². The van der Waals surface area contributed by atoms with E-state index in [0.717, 1.165) is 25.8 Å². The lowest BCUT2D eigenvalue weighted by Crippen LogP contribution is -2.53. The normalized spacial score (nSPS) is 22.3. The smallest absolute Gasteiger partial charge is 0.282 e. The van der Waals surface area contributed by atoms with Crippen molar-refractivity contribution < 1.29 is 8.42 Å². The molecule has 0 aromatic rings. The van der Waals surface area contributed by atoms with Gasteiger partial charge in [-0.2, -0.15) is 17.0 Å². The molecular weight excluding hydrogens is 262 g/mol. The van der Waals surface area contributed by atoms with Gasteiger partial charge in [0.15, 0.2) is 0 Å². The molecule has 19 heavy (non-hydrogen) atoms. The van der Waals surface area contributed by atoms with E-state index >= 15 is 0 Å². The van der Waals surface area contributed by atoms with Crippen LogP contribution in [0.15, 0.2) is 0 Å². The summed E-state index contributed by atoms with van der Waals surface area (Å²) in [5, 5.41) is 3.11. The Morgan fingerprint density at radius 2 is 2.05 bits per heavy atom. The van der Waals surface area contributed by atoms with Crippen molar-refractivity contribution in [3.05, 3.63) is 0 Å². The SMILES string of the molecule is CCN(CC(C)C)S(=O)(=O)N1CCCCC1CNC. The van der Waals surface area contributed by atoms with Crippen LogP contribution in [0.1, 0.15) is 40.0 Å².